The van der Waals surface area contributed by atoms with Crippen LogP contribution in [0.3, 0.4) is 0 Å². The highest BCUT2D eigenvalue weighted by Crippen LogP contribution is 2.21. The van der Waals surface area contributed by atoms with E-state index in [0.29, 0.717) is 13.1 Å². The van der Waals surface area contributed by atoms with E-state index < -0.39 is 0 Å². The first kappa shape index (κ1) is 13.5. The van der Waals surface area contributed by atoms with E-state index in [9.17, 15) is 4.79 Å². The number of nitrogens with zero attached hydrogens (tertiary/aromatic N) is 1. The molecule has 0 fully saturated rings. The van der Waals surface area contributed by atoms with Gasteiger partial charge in [0.2, 0.25) is 5.91 Å². The summed E-state index contributed by atoms with van der Waals surface area (Å²) in [5.41, 5.74) is 9.06. The summed E-state index contributed by atoms with van der Waals surface area (Å²) in [6.45, 7) is 5.70. The molecule has 1 aromatic rings. The third-order valence-corrected chi connectivity index (χ3v) is 2.79. The fourth-order valence-corrected chi connectivity index (χ4v) is 1.81. The molecule has 4 heteroatoms. The van der Waals surface area contributed by atoms with E-state index in [2.05, 4.69) is 11.4 Å². The first-order chi connectivity index (χ1) is 8.12. The van der Waals surface area contributed by atoms with E-state index in [1.165, 1.54) is 5.56 Å². The lowest BCUT2D eigenvalue weighted by Crippen LogP contribution is -2.36. The number of aryl methyl sites for hydroxylation is 1. The number of carbonyl (C=O) groups excluding carboxylic acids is 1. The zero-order valence-corrected chi connectivity index (χ0v) is 10.8. The zero-order valence-electron chi connectivity index (χ0n) is 10.8. The number of rotatable bonds is 5. The molecule has 3 N–H and O–H groups in total. The monoisotopic (exact) mass is 235 g/mol. The van der Waals surface area contributed by atoms with Crippen molar-refractivity contribution in [2.45, 2.75) is 20.4 Å². The second kappa shape index (κ2) is 6.25. The van der Waals surface area contributed by atoms with Crippen molar-refractivity contribution in [1.82, 2.24) is 5.32 Å². The van der Waals surface area contributed by atoms with E-state index in [-0.39, 0.29) is 5.91 Å². The number of amides is 1. The Labute approximate surface area is 103 Å². The van der Waals surface area contributed by atoms with Gasteiger partial charge in [-0.05, 0) is 25.5 Å². The van der Waals surface area contributed by atoms with Gasteiger partial charge in [0.25, 0.3) is 0 Å². The van der Waals surface area contributed by atoms with Crippen LogP contribution in [0.2, 0.25) is 0 Å². The number of carbonyl (C=O) groups is 1. The third-order valence-electron chi connectivity index (χ3n) is 2.79. The van der Waals surface area contributed by atoms with Gasteiger partial charge in [-0.2, -0.15) is 0 Å². The maximum Gasteiger partial charge on any atom is 0.239 e. The summed E-state index contributed by atoms with van der Waals surface area (Å²) in [5, 5.41) is 2.64. The van der Waals surface area contributed by atoms with Crippen molar-refractivity contribution >= 4 is 11.6 Å². The molecule has 1 amide bonds. The quantitative estimate of drug-likeness (QED) is 0.801. The van der Waals surface area contributed by atoms with Gasteiger partial charge in [0.15, 0.2) is 0 Å². The van der Waals surface area contributed by atoms with E-state index in [0.717, 1.165) is 17.8 Å². The van der Waals surface area contributed by atoms with Gasteiger partial charge in [0, 0.05) is 25.8 Å². The van der Waals surface area contributed by atoms with Crippen molar-refractivity contribution in [3.8, 4) is 0 Å². The Balaban J connectivity index is 2.98. The first-order valence-corrected chi connectivity index (χ1v) is 5.87. The minimum atomic E-state index is 0.00963. The topological polar surface area (TPSA) is 58.4 Å². The Hall–Kier alpha value is -1.55. The van der Waals surface area contributed by atoms with E-state index in [1.54, 1.807) is 7.05 Å². The van der Waals surface area contributed by atoms with Crippen LogP contribution in [0.4, 0.5) is 5.69 Å². The van der Waals surface area contributed by atoms with Crippen molar-refractivity contribution in [2.24, 2.45) is 5.73 Å². The van der Waals surface area contributed by atoms with Crippen LogP contribution in [0.5, 0.6) is 0 Å². The van der Waals surface area contributed by atoms with Crippen molar-refractivity contribution in [3.63, 3.8) is 0 Å². The van der Waals surface area contributed by atoms with Crippen LogP contribution in [0.15, 0.2) is 18.2 Å². The predicted octanol–water partition coefficient (Wildman–Crippen LogP) is 1.03. The Bertz CT molecular complexity index is 390. The SMILES string of the molecule is CCN(CC(=O)NC)c1ccc(C)cc1CN. The summed E-state index contributed by atoms with van der Waals surface area (Å²) in [4.78, 5) is 13.5. The largest absolute Gasteiger partial charge is 0.362 e. The molecule has 94 valence electrons. The minimum Gasteiger partial charge on any atom is -0.362 e. The summed E-state index contributed by atoms with van der Waals surface area (Å²) in [7, 11) is 1.65. The van der Waals surface area contributed by atoms with E-state index in [1.807, 2.05) is 30.9 Å². The molecule has 0 aliphatic rings. The standard InChI is InChI=1S/C13H21N3O/c1-4-16(9-13(17)15-3)12-6-5-10(2)7-11(12)8-14/h5-7H,4,8-9,14H2,1-3H3,(H,15,17). The van der Waals surface area contributed by atoms with Gasteiger partial charge in [-0.3, -0.25) is 4.79 Å². The molecule has 0 spiro atoms. The summed E-state index contributed by atoms with van der Waals surface area (Å²) in [5.74, 6) is 0.00963. The van der Waals surface area contributed by atoms with Crippen LogP contribution in [-0.4, -0.2) is 26.0 Å². The fourth-order valence-electron chi connectivity index (χ4n) is 1.81. The van der Waals surface area contributed by atoms with Gasteiger partial charge in [0.05, 0.1) is 6.54 Å². The van der Waals surface area contributed by atoms with Crippen LogP contribution >= 0.6 is 0 Å². The second-order valence-electron chi connectivity index (χ2n) is 4.02. The maximum absolute atomic E-state index is 11.4. The van der Waals surface area contributed by atoms with E-state index >= 15 is 0 Å². The van der Waals surface area contributed by atoms with Gasteiger partial charge in [-0.25, -0.2) is 0 Å². The van der Waals surface area contributed by atoms with Crippen LogP contribution in [0.1, 0.15) is 18.1 Å². The second-order valence-corrected chi connectivity index (χ2v) is 4.02. The molecular weight excluding hydrogens is 214 g/mol. The number of hydrogen-bond acceptors (Lipinski definition) is 3. The van der Waals surface area contributed by atoms with Crippen LogP contribution in [0, 0.1) is 6.92 Å². The summed E-state index contributed by atoms with van der Waals surface area (Å²) in [6, 6.07) is 6.15. The molecule has 1 rings (SSSR count). The molecule has 0 aromatic heterocycles. The Morgan fingerprint density at radius 3 is 2.71 bits per heavy atom. The Morgan fingerprint density at radius 2 is 2.18 bits per heavy atom. The molecule has 0 saturated heterocycles. The number of benzene rings is 1. The number of hydrogen-bond donors (Lipinski definition) is 2. The summed E-state index contributed by atoms with van der Waals surface area (Å²) < 4.78 is 0. The highest BCUT2D eigenvalue weighted by molar-refractivity contribution is 5.81. The normalized spacial score (nSPS) is 10.1. The lowest BCUT2D eigenvalue weighted by Gasteiger charge is -2.25. The smallest absolute Gasteiger partial charge is 0.239 e. The first-order valence-electron chi connectivity index (χ1n) is 5.87. The molecule has 0 radical (unpaired) electrons. The van der Waals surface area contributed by atoms with E-state index in [4.69, 9.17) is 5.73 Å². The average molecular weight is 235 g/mol. The average Bonchev–Trinajstić information content (AvgIpc) is 2.35. The van der Waals surface area contributed by atoms with Crippen molar-refractivity contribution < 1.29 is 4.79 Å². The van der Waals surface area contributed by atoms with Crippen LogP contribution < -0.4 is 16.0 Å². The van der Waals surface area contributed by atoms with Gasteiger partial charge in [-0.1, -0.05) is 17.7 Å². The molecule has 4 nitrogen and oxygen atoms in total. The highest BCUT2D eigenvalue weighted by Gasteiger charge is 2.12. The predicted molar refractivity (Wildman–Crippen MR) is 71.0 cm³/mol. The molecule has 0 aliphatic heterocycles. The number of likely N-dealkylation sites (N-methyl/N-ethyl adjacent to an activating group) is 2. The number of anilines is 1. The number of nitrogens with one attached hydrogen (secondary N) is 1. The molecule has 0 unspecified atom stereocenters. The van der Waals surface area contributed by atoms with Gasteiger partial charge in [0.1, 0.15) is 0 Å². The van der Waals surface area contributed by atoms with Gasteiger partial charge < -0.3 is 16.0 Å². The Morgan fingerprint density at radius 1 is 1.47 bits per heavy atom. The lowest BCUT2D eigenvalue weighted by atomic mass is 10.1. The van der Waals surface area contributed by atoms with Crippen molar-refractivity contribution in [1.29, 1.82) is 0 Å². The van der Waals surface area contributed by atoms with Crippen LogP contribution in [-0.2, 0) is 11.3 Å². The van der Waals surface area contributed by atoms with Gasteiger partial charge >= 0.3 is 0 Å². The molecule has 0 bridgehead atoms. The molecule has 0 atom stereocenters. The lowest BCUT2D eigenvalue weighted by molar-refractivity contribution is -0.119. The van der Waals surface area contributed by atoms with Gasteiger partial charge in [-0.15, -0.1) is 0 Å². The maximum atomic E-state index is 11.4. The summed E-state index contributed by atoms with van der Waals surface area (Å²) >= 11 is 0. The van der Waals surface area contributed by atoms with Crippen molar-refractivity contribution in [2.75, 3.05) is 25.0 Å². The molecule has 17 heavy (non-hydrogen) atoms. The Kier molecular flexibility index (Phi) is 4.97. The fraction of sp³-hybridized carbons (Fsp3) is 0.462. The highest BCUT2D eigenvalue weighted by atomic mass is 16.1. The molecule has 1 aromatic carbocycles. The molecule has 0 saturated carbocycles. The minimum absolute atomic E-state index is 0.00963. The van der Waals surface area contributed by atoms with Crippen LogP contribution in [0.25, 0.3) is 0 Å². The summed E-state index contributed by atoms with van der Waals surface area (Å²) in [6.07, 6.45) is 0. The molecule has 0 heterocycles. The number of nitrogens with two attached hydrogens (primary N) is 1. The third kappa shape index (κ3) is 3.46. The molecular formula is C13H21N3O. The zero-order chi connectivity index (χ0) is 12.8. The van der Waals surface area contributed by atoms with Crippen molar-refractivity contribution in [3.05, 3.63) is 29.3 Å². The molecule has 0 aliphatic carbocycles.